The molecular formula is C12H22N2O2. The molecule has 1 fully saturated rings. The lowest BCUT2D eigenvalue weighted by Gasteiger charge is -2.33. The molecule has 0 radical (unpaired) electrons. The predicted octanol–water partition coefficient (Wildman–Crippen LogP) is 1.15. The predicted molar refractivity (Wildman–Crippen MR) is 62.6 cm³/mol. The van der Waals surface area contributed by atoms with E-state index in [2.05, 4.69) is 0 Å². The molecule has 0 aromatic heterocycles. The molecule has 92 valence electrons. The Morgan fingerprint density at radius 2 is 1.88 bits per heavy atom. The van der Waals surface area contributed by atoms with Crippen molar-refractivity contribution in [1.29, 1.82) is 0 Å². The van der Waals surface area contributed by atoms with Gasteiger partial charge in [-0.15, -0.1) is 0 Å². The van der Waals surface area contributed by atoms with Gasteiger partial charge in [-0.1, -0.05) is 13.8 Å². The normalized spacial score (nSPS) is 17.8. The third kappa shape index (κ3) is 3.83. The van der Waals surface area contributed by atoms with Gasteiger partial charge in [-0.2, -0.15) is 0 Å². The van der Waals surface area contributed by atoms with Gasteiger partial charge in [0.05, 0.1) is 0 Å². The average Bonchev–Trinajstić information content (AvgIpc) is 2.26. The molecule has 0 aromatic rings. The SMILES string of the molecule is CC(C)C(=O)N1CCC(CCC(N)=O)CC1. The highest BCUT2D eigenvalue weighted by atomic mass is 16.2. The molecule has 0 atom stereocenters. The van der Waals surface area contributed by atoms with Gasteiger partial charge in [0.2, 0.25) is 11.8 Å². The van der Waals surface area contributed by atoms with Crippen molar-refractivity contribution in [2.45, 2.75) is 39.5 Å². The lowest BCUT2D eigenvalue weighted by Crippen LogP contribution is -2.40. The summed E-state index contributed by atoms with van der Waals surface area (Å²) < 4.78 is 0. The van der Waals surface area contributed by atoms with Gasteiger partial charge < -0.3 is 10.6 Å². The molecule has 4 heteroatoms. The number of nitrogens with two attached hydrogens (primary N) is 1. The molecule has 1 aliphatic rings. The smallest absolute Gasteiger partial charge is 0.225 e. The molecule has 4 nitrogen and oxygen atoms in total. The van der Waals surface area contributed by atoms with E-state index in [1.807, 2.05) is 18.7 Å². The third-order valence-corrected chi connectivity index (χ3v) is 3.22. The van der Waals surface area contributed by atoms with E-state index in [1.165, 1.54) is 0 Å². The molecule has 0 aromatic carbocycles. The van der Waals surface area contributed by atoms with Crippen LogP contribution in [-0.2, 0) is 9.59 Å². The number of piperidine rings is 1. The van der Waals surface area contributed by atoms with Gasteiger partial charge in [0.25, 0.3) is 0 Å². The van der Waals surface area contributed by atoms with Gasteiger partial charge in [0.1, 0.15) is 0 Å². The van der Waals surface area contributed by atoms with E-state index in [-0.39, 0.29) is 17.7 Å². The highest BCUT2D eigenvalue weighted by molar-refractivity contribution is 5.78. The van der Waals surface area contributed by atoms with Crippen molar-refractivity contribution in [3.05, 3.63) is 0 Å². The van der Waals surface area contributed by atoms with Crippen LogP contribution in [0.15, 0.2) is 0 Å². The van der Waals surface area contributed by atoms with Crippen LogP contribution in [-0.4, -0.2) is 29.8 Å². The van der Waals surface area contributed by atoms with E-state index in [1.54, 1.807) is 0 Å². The van der Waals surface area contributed by atoms with Gasteiger partial charge in [-0.05, 0) is 25.2 Å². The van der Waals surface area contributed by atoms with Crippen LogP contribution in [0.4, 0.5) is 0 Å². The number of hydrogen-bond acceptors (Lipinski definition) is 2. The second-order valence-electron chi connectivity index (χ2n) is 4.93. The summed E-state index contributed by atoms with van der Waals surface area (Å²) >= 11 is 0. The van der Waals surface area contributed by atoms with E-state index in [4.69, 9.17) is 5.73 Å². The third-order valence-electron chi connectivity index (χ3n) is 3.22. The van der Waals surface area contributed by atoms with E-state index in [0.717, 1.165) is 32.4 Å². The second kappa shape index (κ2) is 5.87. The van der Waals surface area contributed by atoms with E-state index in [0.29, 0.717) is 12.3 Å². The van der Waals surface area contributed by atoms with Crippen molar-refractivity contribution in [3.63, 3.8) is 0 Å². The van der Waals surface area contributed by atoms with E-state index >= 15 is 0 Å². The van der Waals surface area contributed by atoms with Crippen LogP contribution in [0.25, 0.3) is 0 Å². The number of rotatable bonds is 4. The maximum atomic E-state index is 11.7. The monoisotopic (exact) mass is 226 g/mol. The minimum Gasteiger partial charge on any atom is -0.370 e. The van der Waals surface area contributed by atoms with Crippen LogP contribution in [0.5, 0.6) is 0 Å². The fourth-order valence-corrected chi connectivity index (χ4v) is 2.15. The number of likely N-dealkylation sites (tertiary alicyclic amines) is 1. The number of primary amides is 1. The Bertz CT molecular complexity index is 256. The van der Waals surface area contributed by atoms with Crippen LogP contribution >= 0.6 is 0 Å². The van der Waals surface area contributed by atoms with Crippen molar-refractivity contribution in [1.82, 2.24) is 4.90 Å². The summed E-state index contributed by atoms with van der Waals surface area (Å²) in [6.45, 7) is 5.53. The zero-order chi connectivity index (χ0) is 12.1. The maximum Gasteiger partial charge on any atom is 0.225 e. The Kier molecular flexibility index (Phi) is 4.77. The Labute approximate surface area is 97.2 Å². The summed E-state index contributed by atoms with van der Waals surface area (Å²) in [5.41, 5.74) is 5.12. The van der Waals surface area contributed by atoms with Crippen LogP contribution < -0.4 is 5.73 Å². The molecule has 16 heavy (non-hydrogen) atoms. The van der Waals surface area contributed by atoms with Crippen LogP contribution in [0.2, 0.25) is 0 Å². The lowest BCUT2D eigenvalue weighted by atomic mass is 9.91. The molecule has 2 amide bonds. The number of amides is 2. The number of nitrogens with zero attached hydrogens (tertiary/aromatic N) is 1. The zero-order valence-corrected chi connectivity index (χ0v) is 10.2. The van der Waals surface area contributed by atoms with E-state index in [9.17, 15) is 9.59 Å². The minimum absolute atomic E-state index is 0.0853. The number of carbonyl (C=O) groups excluding carboxylic acids is 2. The molecule has 1 heterocycles. The quantitative estimate of drug-likeness (QED) is 0.781. The van der Waals surface area contributed by atoms with E-state index < -0.39 is 0 Å². The topological polar surface area (TPSA) is 63.4 Å². The Balaban J connectivity index is 2.28. The molecule has 1 saturated heterocycles. The maximum absolute atomic E-state index is 11.7. The summed E-state index contributed by atoms with van der Waals surface area (Å²) in [6, 6.07) is 0. The van der Waals surface area contributed by atoms with Crippen molar-refractivity contribution in [2.75, 3.05) is 13.1 Å². The van der Waals surface area contributed by atoms with Crippen LogP contribution in [0, 0.1) is 11.8 Å². The summed E-state index contributed by atoms with van der Waals surface area (Å²) in [5, 5.41) is 0. The Morgan fingerprint density at radius 1 is 1.31 bits per heavy atom. The molecule has 0 bridgehead atoms. The zero-order valence-electron chi connectivity index (χ0n) is 10.2. The summed E-state index contributed by atoms with van der Waals surface area (Å²) in [4.78, 5) is 24.3. The van der Waals surface area contributed by atoms with Gasteiger partial charge in [0, 0.05) is 25.4 Å². The first-order valence-electron chi connectivity index (χ1n) is 6.07. The average molecular weight is 226 g/mol. The van der Waals surface area contributed by atoms with Crippen molar-refractivity contribution < 1.29 is 9.59 Å². The second-order valence-corrected chi connectivity index (χ2v) is 4.93. The first kappa shape index (κ1) is 13.0. The molecule has 2 N–H and O–H groups in total. The molecule has 0 saturated carbocycles. The Hall–Kier alpha value is -1.06. The standard InChI is InChI=1S/C12H22N2O2/c1-9(2)12(16)14-7-5-10(6-8-14)3-4-11(13)15/h9-10H,3-8H2,1-2H3,(H2,13,15). The summed E-state index contributed by atoms with van der Waals surface area (Å²) in [5.74, 6) is 0.667. The van der Waals surface area contributed by atoms with Gasteiger partial charge >= 0.3 is 0 Å². The first-order chi connectivity index (χ1) is 7.50. The first-order valence-corrected chi connectivity index (χ1v) is 6.07. The van der Waals surface area contributed by atoms with Gasteiger partial charge in [0.15, 0.2) is 0 Å². The molecule has 0 unspecified atom stereocenters. The fourth-order valence-electron chi connectivity index (χ4n) is 2.15. The van der Waals surface area contributed by atoms with Crippen molar-refractivity contribution >= 4 is 11.8 Å². The molecular weight excluding hydrogens is 204 g/mol. The van der Waals surface area contributed by atoms with Crippen molar-refractivity contribution in [3.8, 4) is 0 Å². The molecule has 0 spiro atoms. The molecule has 0 aliphatic carbocycles. The number of hydrogen-bond donors (Lipinski definition) is 1. The highest BCUT2D eigenvalue weighted by Crippen LogP contribution is 2.22. The molecule has 1 rings (SSSR count). The largest absolute Gasteiger partial charge is 0.370 e. The van der Waals surface area contributed by atoms with Crippen LogP contribution in [0.1, 0.15) is 39.5 Å². The summed E-state index contributed by atoms with van der Waals surface area (Å²) in [7, 11) is 0. The lowest BCUT2D eigenvalue weighted by molar-refractivity contribution is -0.136. The minimum atomic E-state index is -0.222. The van der Waals surface area contributed by atoms with Gasteiger partial charge in [-0.3, -0.25) is 9.59 Å². The fraction of sp³-hybridized carbons (Fsp3) is 0.833. The molecule has 1 aliphatic heterocycles. The Morgan fingerprint density at radius 3 is 2.31 bits per heavy atom. The van der Waals surface area contributed by atoms with Gasteiger partial charge in [-0.25, -0.2) is 0 Å². The number of carbonyl (C=O) groups is 2. The highest BCUT2D eigenvalue weighted by Gasteiger charge is 2.24. The van der Waals surface area contributed by atoms with Crippen molar-refractivity contribution in [2.24, 2.45) is 17.6 Å². The summed E-state index contributed by atoms with van der Waals surface area (Å²) in [6.07, 6.45) is 3.36. The van der Waals surface area contributed by atoms with Crippen LogP contribution in [0.3, 0.4) is 0 Å².